The Labute approximate surface area is 206 Å². The maximum Gasteiger partial charge on any atom is 0.328 e. The van der Waals surface area contributed by atoms with Crippen molar-refractivity contribution in [3.63, 3.8) is 0 Å². The van der Waals surface area contributed by atoms with E-state index in [9.17, 15) is 28.4 Å². The van der Waals surface area contributed by atoms with Gasteiger partial charge in [0.1, 0.15) is 29.4 Å². The molecule has 1 unspecified atom stereocenters. The number of thioether (sulfide) groups is 1. The van der Waals surface area contributed by atoms with Gasteiger partial charge in [-0.3, -0.25) is 19.2 Å². The monoisotopic (exact) mass is 506 g/mol. The highest BCUT2D eigenvalue weighted by atomic mass is 32.2. The molecule has 2 rings (SSSR count). The zero-order chi connectivity index (χ0) is 26.0. The molecule has 0 saturated heterocycles. The molecule has 1 aromatic rings. The first-order valence-electron chi connectivity index (χ1n) is 10.8. The molecule has 188 valence electrons. The minimum absolute atomic E-state index is 0.0277. The molecule has 2 bridgehead atoms. The molecule has 1 aromatic heterocycles. The van der Waals surface area contributed by atoms with Crippen LogP contribution in [0.15, 0.2) is 36.1 Å². The lowest BCUT2D eigenvalue weighted by Gasteiger charge is -2.20. The number of nitrogens with zero attached hydrogens (tertiary/aromatic N) is 1. The van der Waals surface area contributed by atoms with Crippen LogP contribution in [0.2, 0.25) is 0 Å². The van der Waals surface area contributed by atoms with Gasteiger partial charge in [0.2, 0.25) is 5.91 Å². The van der Waals surface area contributed by atoms with Crippen molar-refractivity contribution in [1.29, 1.82) is 0 Å². The second-order valence-corrected chi connectivity index (χ2v) is 8.76. The van der Waals surface area contributed by atoms with Crippen molar-refractivity contribution in [3.8, 4) is 0 Å². The molecule has 2 atom stereocenters. The number of carbonyl (C=O) groups is 5. The fraction of sp³-hybridized carbons (Fsp3) is 0.391. The van der Waals surface area contributed by atoms with E-state index in [1.54, 1.807) is 6.08 Å². The molecule has 0 radical (unpaired) electrons. The summed E-state index contributed by atoms with van der Waals surface area (Å²) < 4.78 is 19.6. The number of ether oxygens (including phenoxy) is 1. The third kappa shape index (κ3) is 8.96. The van der Waals surface area contributed by atoms with E-state index in [4.69, 9.17) is 4.74 Å². The Morgan fingerprint density at radius 1 is 1.26 bits per heavy atom. The third-order valence-corrected chi connectivity index (χ3v) is 5.53. The second kappa shape index (κ2) is 13.4. The fourth-order valence-electron chi connectivity index (χ4n) is 2.87. The predicted molar refractivity (Wildman–Crippen MR) is 126 cm³/mol. The maximum absolute atomic E-state index is 14.2. The quantitative estimate of drug-likeness (QED) is 0.241. The van der Waals surface area contributed by atoms with Gasteiger partial charge in [0.25, 0.3) is 11.8 Å². The van der Waals surface area contributed by atoms with Gasteiger partial charge in [-0.2, -0.15) is 0 Å². The van der Waals surface area contributed by atoms with E-state index in [2.05, 4.69) is 20.9 Å². The Morgan fingerprint density at radius 3 is 2.69 bits per heavy atom. The predicted octanol–water partition coefficient (Wildman–Crippen LogP) is 1.52. The molecule has 10 nitrogen and oxygen atoms in total. The van der Waals surface area contributed by atoms with E-state index in [1.807, 2.05) is 0 Å². The molecule has 1 aliphatic rings. The number of amides is 3. The molecule has 0 spiro atoms. The minimum atomic E-state index is -1.09. The molecule has 3 amide bonds. The average Bonchev–Trinajstić information content (AvgIpc) is 2.80. The maximum atomic E-state index is 14.2. The first-order chi connectivity index (χ1) is 16.6. The van der Waals surface area contributed by atoms with Crippen LogP contribution in [0.5, 0.6) is 0 Å². The van der Waals surface area contributed by atoms with Crippen molar-refractivity contribution in [2.45, 2.75) is 52.3 Å². The lowest BCUT2D eigenvalue weighted by Crippen LogP contribution is -2.44. The van der Waals surface area contributed by atoms with Crippen molar-refractivity contribution in [2.24, 2.45) is 0 Å². The van der Waals surface area contributed by atoms with E-state index >= 15 is 0 Å². The number of rotatable bonds is 4. The van der Waals surface area contributed by atoms with Crippen LogP contribution in [-0.2, 0) is 30.5 Å². The number of carbonyl (C=O) groups excluding carboxylic acids is 5. The number of cyclic esters (lactones) is 1. The number of hydrogen-bond donors (Lipinski definition) is 3. The first-order valence-corrected chi connectivity index (χ1v) is 11.8. The summed E-state index contributed by atoms with van der Waals surface area (Å²) in [6.07, 6.45) is 3.79. The van der Waals surface area contributed by atoms with Gasteiger partial charge in [0.05, 0.1) is 18.7 Å². The molecule has 0 fully saturated rings. The summed E-state index contributed by atoms with van der Waals surface area (Å²) in [5.41, 5.74) is -0.475. The molecular weight excluding hydrogens is 479 g/mol. The lowest BCUT2D eigenvalue weighted by molar-refractivity contribution is -0.151. The summed E-state index contributed by atoms with van der Waals surface area (Å²) in [4.78, 5) is 65.1. The number of halogens is 1. The zero-order valence-electron chi connectivity index (χ0n) is 19.6. The number of nitrogens with one attached hydrogen (secondary N) is 3. The summed E-state index contributed by atoms with van der Waals surface area (Å²) in [7, 11) is 0. The van der Waals surface area contributed by atoms with Gasteiger partial charge in [-0.05, 0) is 38.5 Å². The van der Waals surface area contributed by atoms with Crippen molar-refractivity contribution in [3.05, 3.63) is 53.3 Å². The van der Waals surface area contributed by atoms with Gasteiger partial charge in [0.15, 0.2) is 5.12 Å². The summed E-state index contributed by atoms with van der Waals surface area (Å²) in [5, 5.41) is 7.28. The SMILES string of the molecule is C/C=C1\NC(=O)c2ccc(F)c(n2)CNC(=O)C[C@@H](/C=C/CCSC(C)=O)OC(=O)C(C)NC1=O. The molecule has 35 heavy (non-hydrogen) atoms. The highest BCUT2D eigenvalue weighted by molar-refractivity contribution is 8.13. The van der Waals surface area contributed by atoms with E-state index in [1.165, 1.54) is 32.9 Å². The first kappa shape index (κ1) is 27.7. The molecule has 0 aliphatic carbocycles. The van der Waals surface area contributed by atoms with Gasteiger partial charge in [0, 0.05) is 12.7 Å². The van der Waals surface area contributed by atoms with Crippen molar-refractivity contribution in [2.75, 3.05) is 5.75 Å². The molecule has 12 heteroatoms. The van der Waals surface area contributed by atoms with Crippen LogP contribution in [0.3, 0.4) is 0 Å². The summed E-state index contributed by atoms with van der Waals surface area (Å²) >= 11 is 1.14. The second-order valence-electron chi connectivity index (χ2n) is 7.49. The molecule has 3 N–H and O–H groups in total. The summed E-state index contributed by atoms with van der Waals surface area (Å²) in [5.74, 6) is -3.08. The van der Waals surface area contributed by atoms with Crippen LogP contribution in [0.1, 0.15) is 49.8 Å². The number of esters is 1. The van der Waals surface area contributed by atoms with Gasteiger partial charge in [-0.25, -0.2) is 14.2 Å². The number of hydrogen-bond acceptors (Lipinski definition) is 8. The van der Waals surface area contributed by atoms with Crippen molar-refractivity contribution >= 4 is 40.6 Å². The Kier molecular flexibility index (Phi) is 10.6. The van der Waals surface area contributed by atoms with Gasteiger partial charge >= 0.3 is 5.97 Å². The summed E-state index contributed by atoms with van der Waals surface area (Å²) in [6, 6.07) is 1.09. The number of pyridine rings is 1. The lowest BCUT2D eigenvalue weighted by atomic mass is 10.2. The van der Waals surface area contributed by atoms with E-state index in [0.29, 0.717) is 12.2 Å². The minimum Gasteiger partial charge on any atom is -0.456 e. The van der Waals surface area contributed by atoms with E-state index in [0.717, 1.165) is 23.9 Å². The van der Waals surface area contributed by atoms with E-state index in [-0.39, 0.29) is 35.2 Å². The highest BCUT2D eigenvalue weighted by Gasteiger charge is 2.25. The van der Waals surface area contributed by atoms with Crippen LogP contribution in [-0.4, -0.2) is 51.7 Å². The summed E-state index contributed by atoms with van der Waals surface area (Å²) in [6.45, 7) is 4.06. The number of fused-ring (bicyclic) bond motifs is 2. The zero-order valence-corrected chi connectivity index (χ0v) is 20.4. The van der Waals surface area contributed by atoms with E-state index < -0.39 is 41.7 Å². The fourth-order valence-corrected chi connectivity index (χ4v) is 3.41. The topological polar surface area (TPSA) is 144 Å². The molecule has 1 aliphatic heterocycles. The van der Waals surface area contributed by atoms with Crippen LogP contribution in [0.4, 0.5) is 4.39 Å². The Balaban J connectivity index is 2.29. The van der Waals surface area contributed by atoms with Crippen molar-refractivity contribution in [1.82, 2.24) is 20.9 Å². The third-order valence-electron chi connectivity index (χ3n) is 4.68. The molecular formula is C23H27FN4O6S. The van der Waals surface area contributed by atoms with Crippen LogP contribution in [0, 0.1) is 5.82 Å². The Morgan fingerprint density at radius 2 is 2.00 bits per heavy atom. The molecule has 2 heterocycles. The van der Waals surface area contributed by atoms with Crippen LogP contribution in [0.25, 0.3) is 0 Å². The van der Waals surface area contributed by atoms with Crippen LogP contribution < -0.4 is 16.0 Å². The van der Waals surface area contributed by atoms with Gasteiger partial charge < -0.3 is 20.7 Å². The highest BCUT2D eigenvalue weighted by Crippen LogP contribution is 2.10. The number of allylic oxidation sites excluding steroid dienone is 2. The van der Waals surface area contributed by atoms with Gasteiger partial charge in [-0.15, -0.1) is 0 Å². The van der Waals surface area contributed by atoms with Crippen LogP contribution >= 0.6 is 11.8 Å². The Bertz CT molecular complexity index is 1060. The normalized spacial score (nSPS) is 21.3. The largest absolute Gasteiger partial charge is 0.456 e. The standard InChI is InChI=1S/C23H27FN4O6S/c1-4-17-21(31)26-13(2)23(33)34-15(7-5-6-10-35-14(3)29)11-20(30)25-12-19-16(24)8-9-18(27-19)22(32)28-17/h4-5,7-9,13,15H,6,10-12H2,1-3H3,(H,25,30)(H,26,31)(H,28,32)/b7-5+,17-4-/t13?,15-/m1/s1. The average molecular weight is 507 g/mol. The van der Waals surface area contributed by atoms with Crippen molar-refractivity contribution < 1.29 is 33.1 Å². The van der Waals surface area contributed by atoms with Gasteiger partial charge in [-0.1, -0.05) is 23.9 Å². The molecule has 0 saturated carbocycles. The molecule has 0 aromatic carbocycles. The number of aromatic nitrogens is 1. The smallest absolute Gasteiger partial charge is 0.328 e. The Hall–Kier alpha value is -3.54.